The summed E-state index contributed by atoms with van der Waals surface area (Å²) in [7, 11) is 0. The molecule has 0 unspecified atom stereocenters. The van der Waals surface area contributed by atoms with Crippen LogP contribution in [0.4, 0.5) is 0 Å². The molecule has 1 fully saturated rings. The number of carbonyl (C=O) groups is 2. The van der Waals surface area contributed by atoms with Crippen molar-refractivity contribution in [3.63, 3.8) is 0 Å². The Morgan fingerprint density at radius 1 is 1.21 bits per heavy atom. The highest BCUT2D eigenvalue weighted by Gasteiger charge is 2.28. The maximum atomic E-state index is 12.5. The van der Waals surface area contributed by atoms with Crippen LogP contribution in [0.5, 0.6) is 0 Å². The standard InChI is InChI=1S/C19H21N3O2/c1-13-6-7-14(2)16(11-13)18(23)21-15-8-10-22(12-15)19(24)17-5-3-4-9-20-17/h3-7,9,11,15H,8,10,12H2,1-2H3,(H,21,23)/t15-/m1/s1. The van der Waals surface area contributed by atoms with Crippen LogP contribution < -0.4 is 5.32 Å². The molecule has 0 radical (unpaired) electrons. The molecule has 0 bridgehead atoms. The third-order valence-corrected chi connectivity index (χ3v) is 4.33. The molecule has 2 amide bonds. The number of hydrogen-bond acceptors (Lipinski definition) is 3. The van der Waals surface area contributed by atoms with Crippen LogP contribution >= 0.6 is 0 Å². The largest absolute Gasteiger partial charge is 0.347 e. The molecule has 1 aliphatic heterocycles. The van der Waals surface area contributed by atoms with Crippen LogP contribution in [0.25, 0.3) is 0 Å². The van der Waals surface area contributed by atoms with Gasteiger partial charge in [-0.1, -0.05) is 23.8 Å². The summed E-state index contributed by atoms with van der Waals surface area (Å²) in [4.78, 5) is 30.7. The fourth-order valence-electron chi connectivity index (χ4n) is 2.96. The molecule has 0 spiro atoms. The topological polar surface area (TPSA) is 62.3 Å². The maximum Gasteiger partial charge on any atom is 0.272 e. The Bertz CT molecular complexity index is 758. The van der Waals surface area contributed by atoms with E-state index in [0.29, 0.717) is 24.3 Å². The first-order valence-electron chi connectivity index (χ1n) is 8.13. The number of nitrogens with one attached hydrogen (secondary N) is 1. The maximum absolute atomic E-state index is 12.5. The molecular weight excluding hydrogens is 302 g/mol. The molecule has 0 saturated carbocycles. The van der Waals surface area contributed by atoms with E-state index in [0.717, 1.165) is 17.5 Å². The van der Waals surface area contributed by atoms with Crippen molar-refractivity contribution in [1.82, 2.24) is 15.2 Å². The molecule has 1 atom stereocenters. The van der Waals surface area contributed by atoms with Crippen LogP contribution in [0.3, 0.4) is 0 Å². The number of rotatable bonds is 3. The molecule has 1 aromatic heterocycles. The van der Waals surface area contributed by atoms with Gasteiger partial charge in [0.25, 0.3) is 11.8 Å². The molecule has 2 heterocycles. The van der Waals surface area contributed by atoms with E-state index >= 15 is 0 Å². The Morgan fingerprint density at radius 2 is 2.04 bits per heavy atom. The highest BCUT2D eigenvalue weighted by atomic mass is 16.2. The van der Waals surface area contributed by atoms with Gasteiger partial charge in [-0.3, -0.25) is 14.6 Å². The monoisotopic (exact) mass is 323 g/mol. The number of carbonyl (C=O) groups excluding carboxylic acids is 2. The number of amides is 2. The van der Waals surface area contributed by atoms with Crippen molar-refractivity contribution in [3.8, 4) is 0 Å². The Morgan fingerprint density at radius 3 is 2.79 bits per heavy atom. The molecule has 5 heteroatoms. The molecule has 1 saturated heterocycles. The highest BCUT2D eigenvalue weighted by Crippen LogP contribution is 2.15. The molecule has 0 aliphatic carbocycles. The summed E-state index contributed by atoms with van der Waals surface area (Å²) in [6, 6.07) is 11.1. The molecule has 2 aromatic rings. The molecule has 24 heavy (non-hydrogen) atoms. The third kappa shape index (κ3) is 3.45. The molecule has 1 aliphatic rings. The van der Waals surface area contributed by atoms with Gasteiger partial charge in [0.1, 0.15) is 5.69 Å². The smallest absolute Gasteiger partial charge is 0.272 e. The first-order chi connectivity index (χ1) is 11.5. The van der Waals surface area contributed by atoms with Gasteiger partial charge >= 0.3 is 0 Å². The van der Waals surface area contributed by atoms with Gasteiger partial charge in [0.15, 0.2) is 0 Å². The number of pyridine rings is 1. The van der Waals surface area contributed by atoms with E-state index in [4.69, 9.17) is 0 Å². The van der Waals surface area contributed by atoms with Gasteiger partial charge in [0.05, 0.1) is 0 Å². The second kappa shape index (κ2) is 6.83. The second-order valence-electron chi connectivity index (χ2n) is 6.24. The van der Waals surface area contributed by atoms with Crippen LogP contribution in [0.1, 0.15) is 38.4 Å². The summed E-state index contributed by atoms with van der Waals surface area (Å²) in [5.41, 5.74) is 3.16. The van der Waals surface area contributed by atoms with Crippen molar-refractivity contribution < 1.29 is 9.59 Å². The van der Waals surface area contributed by atoms with Gasteiger partial charge in [-0.05, 0) is 44.0 Å². The van der Waals surface area contributed by atoms with Crippen LogP contribution in [0, 0.1) is 13.8 Å². The van der Waals surface area contributed by atoms with Crippen molar-refractivity contribution >= 4 is 11.8 Å². The molecule has 5 nitrogen and oxygen atoms in total. The molecule has 1 aromatic carbocycles. The third-order valence-electron chi connectivity index (χ3n) is 4.33. The van der Waals surface area contributed by atoms with Gasteiger partial charge in [-0.2, -0.15) is 0 Å². The van der Waals surface area contributed by atoms with Crippen molar-refractivity contribution in [2.75, 3.05) is 13.1 Å². The predicted molar refractivity (Wildman–Crippen MR) is 91.9 cm³/mol. The van der Waals surface area contributed by atoms with Crippen LogP contribution in [0.15, 0.2) is 42.6 Å². The van der Waals surface area contributed by atoms with Crippen molar-refractivity contribution in [2.24, 2.45) is 0 Å². The zero-order valence-corrected chi connectivity index (χ0v) is 14.0. The Kier molecular flexibility index (Phi) is 4.60. The van der Waals surface area contributed by atoms with Crippen molar-refractivity contribution in [1.29, 1.82) is 0 Å². The number of nitrogens with zero attached hydrogens (tertiary/aromatic N) is 2. The number of benzene rings is 1. The summed E-state index contributed by atoms with van der Waals surface area (Å²) < 4.78 is 0. The van der Waals surface area contributed by atoms with Crippen LogP contribution in [-0.2, 0) is 0 Å². The fraction of sp³-hybridized carbons (Fsp3) is 0.316. The number of hydrogen-bond donors (Lipinski definition) is 1. The zero-order chi connectivity index (χ0) is 17.1. The number of likely N-dealkylation sites (tertiary alicyclic amines) is 1. The van der Waals surface area contributed by atoms with E-state index in [9.17, 15) is 9.59 Å². The zero-order valence-electron chi connectivity index (χ0n) is 14.0. The first-order valence-corrected chi connectivity index (χ1v) is 8.13. The second-order valence-corrected chi connectivity index (χ2v) is 6.24. The Labute approximate surface area is 141 Å². The van der Waals surface area contributed by atoms with E-state index in [1.165, 1.54) is 0 Å². The Hall–Kier alpha value is -2.69. The molecule has 1 N–H and O–H groups in total. The lowest BCUT2D eigenvalue weighted by molar-refractivity contribution is 0.0777. The van der Waals surface area contributed by atoms with E-state index in [-0.39, 0.29) is 17.9 Å². The first kappa shape index (κ1) is 16.2. The van der Waals surface area contributed by atoms with E-state index in [1.54, 1.807) is 29.3 Å². The molecule has 124 valence electrons. The molecular formula is C19H21N3O2. The lowest BCUT2D eigenvalue weighted by atomic mass is 10.0. The van der Waals surface area contributed by atoms with Gasteiger partial charge in [0.2, 0.25) is 0 Å². The van der Waals surface area contributed by atoms with Gasteiger partial charge in [-0.15, -0.1) is 0 Å². The van der Waals surface area contributed by atoms with E-state index < -0.39 is 0 Å². The van der Waals surface area contributed by atoms with Gasteiger partial charge < -0.3 is 10.2 Å². The van der Waals surface area contributed by atoms with Crippen LogP contribution in [0.2, 0.25) is 0 Å². The number of aromatic nitrogens is 1. The van der Waals surface area contributed by atoms with Gasteiger partial charge in [-0.25, -0.2) is 0 Å². The lowest BCUT2D eigenvalue weighted by Gasteiger charge is -2.17. The normalized spacial score (nSPS) is 16.9. The van der Waals surface area contributed by atoms with E-state index in [1.807, 2.05) is 32.0 Å². The van der Waals surface area contributed by atoms with Crippen LogP contribution in [-0.4, -0.2) is 40.8 Å². The minimum Gasteiger partial charge on any atom is -0.347 e. The number of aryl methyl sites for hydroxylation is 2. The average Bonchev–Trinajstić information content (AvgIpc) is 3.05. The fourth-order valence-corrected chi connectivity index (χ4v) is 2.96. The van der Waals surface area contributed by atoms with Crippen molar-refractivity contribution in [2.45, 2.75) is 26.3 Å². The van der Waals surface area contributed by atoms with Crippen molar-refractivity contribution in [3.05, 3.63) is 65.0 Å². The summed E-state index contributed by atoms with van der Waals surface area (Å²) in [6.45, 7) is 5.05. The minimum atomic E-state index is -0.0842. The lowest BCUT2D eigenvalue weighted by Crippen LogP contribution is -2.38. The molecule has 3 rings (SSSR count). The summed E-state index contributed by atoms with van der Waals surface area (Å²) >= 11 is 0. The SMILES string of the molecule is Cc1ccc(C)c(C(=O)N[C@@H]2CCN(C(=O)c3ccccn3)C2)c1. The summed E-state index contributed by atoms with van der Waals surface area (Å²) in [6.07, 6.45) is 2.37. The Balaban J connectivity index is 1.63. The van der Waals surface area contributed by atoms with Gasteiger partial charge in [0, 0.05) is 30.9 Å². The average molecular weight is 323 g/mol. The van der Waals surface area contributed by atoms with E-state index in [2.05, 4.69) is 10.3 Å². The predicted octanol–water partition coefficient (Wildman–Crippen LogP) is 2.34. The quantitative estimate of drug-likeness (QED) is 0.943. The minimum absolute atomic E-state index is 0.0231. The highest BCUT2D eigenvalue weighted by molar-refractivity contribution is 5.96. The summed E-state index contributed by atoms with van der Waals surface area (Å²) in [5.74, 6) is -0.160. The summed E-state index contributed by atoms with van der Waals surface area (Å²) in [5, 5.41) is 3.05.